The van der Waals surface area contributed by atoms with E-state index in [4.69, 9.17) is 14.2 Å². The van der Waals surface area contributed by atoms with Crippen LogP contribution in [0.5, 0.6) is 23.0 Å². The predicted molar refractivity (Wildman–Crippen MR) is 141 cm³/mol. The molecule has 4 aromatic rings. The molecular formula is C31H28O5. The number of aromatic hydroxyl groups is 1. The molecule has 0 saturated carbocycles. The van der Waals surface area contributed by atoms with E-state index in [0.717, 1.165) is 16.7 Å². The van der Waals surface area contributed by atoms with Gasteiger partial charge in [0.25, 0.3) is 0 Å². The Balaban J connectivity index is 1.57. The minimum Gasteiger partial charge on any atom is -0.508 e. The van der Waals surface area contributed by atoms with Crippen molar-refractivity contribution in [3.63, 3.8) is 0 Å². The van der Waals surface area contributed by atoms with Gasteiger partial charge in [-0.25, -0.2) is 0 Å². The van der Waals surface area contributed by atoms with E-state index in [1.54, 1.807) is 19.1 Å². The number of rotatable bonds is 10. The molecule has 1 N–H and O–H groups in total. The van der Waals surface area contributed by atoms with Crippen molar-refractivity contribution in [2.75, 3.05) is 7.11 Å². The number of hydrogen-bond donors (Lipinski definition) is 1. The van der Waals surface area contributed by atoms with Crippen LogP contribution in [-0.4, -0.2) is 18.0 Å². The first-order valence-corrected chi connectivity index (χ1v) is 11.6. The summed E-state index contributed by atoms with van der Waals surface area (Å²) in [6, 6.07) is 28.4. The third-order valence-corrected chi connectivity index (χ3v) is 5.73. The maximum absolute atomic E-state index is 13.0. The molecule has 0 atom stereocenters. The van der Waals surface area contributed by atoms with Crippen LogP contribution in [0.15, 0.2) is 97.1 Å². The highest BCUT2D eigenvalue weighted by Gasteiger charge is 2.15. The Labute approximate surface area is 211 Å². The van der Waals surface area contributed by atoms with E-state index < -0.39 is 0 Å². The van der Waals surface area contributed by atoms with Crippen molar-refractivity contribution in [1.82, 2.24) is 0 Å². The second-order valence-corrected chi connectivity index (χ2v) is 8.24. The summed E-state index contributed by atoms with van der Waals surface area (Å²) in [5, 5.41) is 9.94. The topological polar surface area (TPSA) is 65.0 Å². The van der Waals surface area contributed by atoms with Gasteiger partial charge in [0.2, 0.25) is 0 Å². The number of allylic oxidation sites excluding steroid dienone is 1. The molecule has 0 fully saturated rings. The minimum atomic E-state index is -0.242. The van der Waals surface area contributed by atoms with Crippen molar-refractivity contribution in [3.8, 4) is 23.0 Å². The van der Waals surface area contributed by atoms with Crippen LogP contribution >= 0.6 is 0 Å². The molecule has 4 aromatic carbocycles. The van der Waals surface area contributed by atoms with Crippen molar-refractivity contribution in [1.29, 1.82) is 0 Å². The smallest absolute Gasteiger partial charge is 0.189 e. The van der Waals surface area contributed by atoms with Gasteiger partial charge in [-0.05, 0) is 54.5 Å². The summed E-state index contributed by atoms with van der Waals surface area (Å²) < 4.78 is 17.5. The van der Waals surface area contributed by atoms with Crippen LogP contribution < -0.4 is 14.2 Å². The Kier molecular flexibility index (Phi) is 8.04. The van der Waals surface area contributed by atoms with Gasteiger partial charge >= 0.3 is 0 Å². The van der Waals surface area contributed by atoms with Gasteiger partial charge in [-0.3, -0.25) is 4.79 Å². The molecule has 5 heteroatoms. The first kappa shape index (κ1) is 24.6. The number of carbonyl (C=O) groups excluding carboxylic acids is 1. The number of phenols is 1. The number of benzene rings is 4. The Hall–Kier alpha value is -4.51. The lowest BCUT2D eigenvalue weighted by Gasteiger charge is -2.13. The SMILES string of the molecule is COc1c(C(=O)/C=C/c2ccc(OCc3ccccc3)cc2OCc2ccccc2)ccc(O)c1C. The molecule has 0 spiro atoms. The quantitative estimate of drug-likeness (QED) is 0.201. The van der Waals surface area contributed by atoms with E-state index in [0.29, 0.717) is 41.6 Å². The molecule has 0 amide bonds. The fourth-order valence-electron chi connectivity index (χ4n) is 3.74. The molecule has 0 bridgehead atoms. The maximum atomic E-state index is 13.0. The largest absolute Gasteiger partial charge is 0.508 e. The zero-order valence-corrected chi connectivity index (χ0v) is 20.3. The number of ketones is 1. The number of ether oxygens (including phenoxy) is 3. The second kappa shape index (κ2) is 11.8. The summed E-state index contributed by atoms with van der Waals surface area (Å²) in [5.41, 5.74) is 3.73. The first-order chi connectivity index (χ1) is 17.5. The van der Waals surface area contributed by atoms with Crippen LogP contribution in [-0.2, 0) is 13.2 Å². The van der Waals surface area contributed by atoms with Gasteiger partial charge in [0.05, 0.1) is 12.7 Å². The average molecular weight is 481 g/mol. The normalized spacial score (nSPS) is 10.8. The standard InChI is InChI=1S/C31H28O5/c1-22-28(32)18-16-27(31(22)34-2)29(33)17-14-25-13-15-26(35-20-23-9-5-3-6-10-23)19-30(25)36-21-24-11-7-4-8-12-24/h3-19,32H,20-21H2,1-2H3/b17-14+. The van der Waals surface area contributed by atoms with Gasteiger partial charge in [-0.15, -0.1) is 0 Å². The molecule has 36 heavy (non-hydrogen) atoms. The molecule has 0 saturated heterocycles. The summed E-state index contributed by atoms with van der Waals surface area (Å²) in [6.07, 6.45) is 3.19. The fourth-order valence-corrected chi connectivity index (χ4v) is 3.74. The monoisotopic (exact) mass is 480 g/mol. The van der Waals surface area contributed by atoms with Crippen LogP contribution in [0.1, 0.15) is 32.6 Å². The van der Waals surface area contributed by atoms with Gasteiger partial charge in [-0.2, -0.15) is 0 Å². The van der Waals surface area contributed by atoms with Crippen LogP contribution in [0.25, 0.3) is 6.08 Å². The lowest BCUT2D eigenvalue weighted by atomic mass is 10.0. The predicted octanol–water partition coefficient (Wildman–Crippen LogP) is 6.76. The Morgan fingerprint density at radius 2 is 1.47 bits per heavy atom. The van der Waals surface area contributed by atoms with E-state index in [1.165, 1.54) is 19.3 Å². The zero-order chi connectivity index (χ0) is 25.3. The summed E-state index contributed by atoms with van der Waals surface area (Å²) in [5.74, 6) is 1.46. The van der Waals surface area contributed by atoms with Gasteiger partial charge in [0.15, 0.2) is 5.78 Å². The van der Waals surface area contributed by atoms with Crippen LogP contribution in [0.2, 0.25) is 0 Å². The highest BCUT2D eigenvalue weighted by atomic mass is 16.5. The second-order valence-electron chi connectivity index (χ2n) is 8.24. The van der Waals surface area contributed by atoms with Crippen LogP contribution in [0, 0.1) is 6.92 Å². The molecule has 0 radical (unpaired) electrons. The van der Waals surface area contributed by atoms with E-state index >= 15 is 0 Å². The summed E-state index contributed by atoms with van der Waals surface area (Å²) in [6.45, 7) is 2.52. The lowest BCUT2D eigenvalue weighted by Crippen LogP contribution is -2.01. The number of methoxy groups -OCH3 is 1. The lowest BCUT2D eigenvalue weighted by molar-refractivity contribution is 0.104. The molecule has 0 aromatic heterocycles. The third-order valence-electron chi connectivity index (χ3n) is 5.73. The van der Waals surface area contributed by atoms with E-state index in [1.807, 2.05) is 78.9 Å². The van der Waals surface area contributed by atoms with Gasteiger partial charge in [0, 0.05) is 17.2 Å². The van der Waals surface area contributed by atoms with Crippen LogP contribution in [0.3, 0.4) is 0 Å². The van der Waals surface area contributed by atoms with Gasteiger partial charge in [-0.1, -0.05) is 60.7 Å². The molecule has 4 rings (SSSR count). The van der Waals surface area contributed by atoms with E-state index in [2.05, 4.69) is 0 Å². The molecule has 5 nitrogen and oxygen atoms in total. The molecule has 0 aliphatic carbocycles. The zero-order valence-electron chi connectivity index (χ0n) is 20.3. The Morgan fingerprint density at radius 1 is 0.833 bits per heavy atom. The number of phenolic OH excluding ortho intramolecular Hbond substituents is 1. The Bertz CT molecular complexity index is 1340. The van der Waals surface area contributed by atoms with E-state index in [-0.39, 0.29) is 11.5 Å². The van der Waals surface area contributed by atoms with Crippen LogP contribution in [0.4, 0.5) is 0 Å². The molecule has 0 aliphatic rings. The summed E-state index contributed by atoms with van der Waals surface area (Å²) in [4.78, 5) is 13.0. The van der Waals surface area contributed by atoms with Crippen molar-refractivity contribution < 1.29 is 24.1 Å². The Morgan fingerprint density at radius 3 is 2.11 bits per heavy atom. The van der Waals surface area contributed by atoms with Gasteiger partial charge < -0.3 is 19.3 Å². The molecule has 182 valence electrons. The first-order valence-electron chi connectivity index (χ1n) is 11.6. The summed E-state index contributed by atoms with van der Waals surface area (Å²) >= 11 is 0. The van der Waals surface area contributed by atoms with Crippen molar-refractivity contribution in [2.45, 2.75) is 20.1 Å². The number of hydrogen-bond acceptors (Lipinski definition) is 5. The fraction of sp³-hybridized carbons (Fsp3) is 0.129. The van der Waals surface area contributed by atoms with Gasteiger partial charge in [0.1, 0.15) is 36.2 Å². The highest BCUT2D eigenvalue weighted by Crippen LogP contribution is 2.32. The van der Waals surface area contributed by atoms with Crippen molar-refractivity contribution >= 4 is 11.9 Å². The minimum absolute atomic E-state index is 0.0788. The highest BCUT2D eigenvalue weighted by molar-refractivity contribution is 6.09. The molecule has 0 aliphatic heterocycles. The number of carbonyl (C=O) groups is 1. The molecule has 0 unspecified atom stereocenters. The molecular weight excluding hydrogens is 452 g/mol. The third kappa shape index (κ3) is 6.13. The average Bonchev–Trinajstić information content (AvgIpc) is 2.92. The maximum Gasteiger partial charge on any atom is 0.189 e. The molecule has 0 heterocycles. The van der Waals surface area contributed by atoms with E-state index in [9.17, 15) is 9.90 Å². The van der Waals surface area contributed by atoms with Crippen molar-refractivity contribution in [2.24, 2.45) is 0 Å². The summed E-state index contributed by atoms with van der Waals surface area (Å²) in [7, 11) is 1.48. The van der Waals surface area contributed by atoms with Crippen molar-refractivity contribution in [3.05, 3.63) is 125 Å².